The van der Waals surface area contributed by atoms with E-state index in [9.17, 15) is 9.59 Å². The summed E-state index contributed by atoms with van der Waals surface area (Å²) in [6, 6.07) is 2.24. The molecule has 0 aromatic carbocycles. The molecule has 4 aliphatic rings. The zero-order valence-corrected chi connectivity index (χ0v) is 19.5. The standard InChI is InChI=1S/C23H32N6O3/c1-13-11-28(14(2)10-27(13)5)22(31)29-12-16-17(23(29,3)4)9-24-20(16)25-21(30)18-8-19(32-26-18)15-6-7-15/h8,13-15H,6-7,9-12H2,1-5H3,(H,24,25,30)/t13-,14+/m1/s1. The first-order valence-corrected chi connectivity index (χ1v) is 11.5. The third kappa shape index (κ3) is 3.43. The van der Waals surface area contributed by atoms with Crippen molar-refractivity contribution in [2.45, 2.75) is 64.1 Å². The number of hydrogen-bond donors (Lipinski definition) is 1. The number of likely N-dealkylation sites (N-methyl/N-ethyl adjacent to an activating group) is 1. The Bertz CT molecular complexity index is 1020. The molecule has 9 heteroatoms. The van der Waals surface area contributed by atoms with Crippen molar-refractivity contribution in [2.24, 2.45) is 4.99 Å². The van der Waals surface area contributed by atoms with Gasteiger partial charge in [-0.1, -0.05) is 5.16 Å². The zero-order chi connectivity index (χ0) is 22.8. The highest BCUT2D eigenvalue weighted by Gasteiger charge is 2.48. The van der Waals surface area contributed by atoms with Crippen molar-refractivity contribution in [3.8, 4) is 0 Å². The Balaban J connectivity index is 1.30. The molecule has 9 nitrogen and oxygen atoms in total. The summed E-state index contributed by atoms with van der Waals surface area (Å²) in [6.45, 7) is 10.9. The van der Waals surface area contributed by atoms with Crippen LogP contribution >= 0.6 is 0 Å². The van der Waals surface area contributed by atoms with Gasteiger partial charge in [0.25, 0.3) is 5.91 Å². The van der Waals surface area contributed by atoms with Crippen LogP contribution in [0.25, 0.3) is 0 Å². The van der Waals surface area contributed by atoms with E-state index >= 15 is 0 Å². The van der Waals surface area contributed by atoms with E-state index in [1.165, 1.54) is 0 Å². The molecule has 5 rings (SSSR count). The number of nitrogens with one attached hydrogen (secondary N) is 1. The first-order chi connectivity index (χ1) is 15.2. The van der Waals surface area contributed by atoms with Crippen molar-refractivity contribution in [1.82, 2.24) is 25.2 Å². The smallest absolute Gasteiger partial charge is 0.321 e. The van der Waals surface area contributed by atoms with E-state index in [1.807, 2.05) is 9.80 Å². The van der Waals surface area contributed by atoms with Crippen LogP contribution in [0.2, 0.25) is 0 Å². The van der Waals surface area contributed by atoms with Gasteiger partial charge in [0, 0.05) is 42.7 Å². The number of nitrogens with zero attached hydrogens (tertiary/aromatic N) is 5. The number of rotatable bonds is 2. The van der Waals surface area contributed by atoms with Crippen LogP contribution in [0.3, 0.4) is 0 Å². The van der Waals surface area contributed by atoms with Crippen molar-refractivity contribution in [3.63, 3.8) is 0 Å². The van der Waals surface area contributed by atoms with Crippen LogP contribution < -0.4 is 5.32 Å². The molecule has 2 atom stereocenters. The number of hydrogen-bond acceptors (Lipinski definition) is 6. The summed E-state index contributed by atoms with van der Waals surface area (Å²) in [5.41, 5.74) is 1.85. The molecule has 3 aliphatic heterocycles. The van der Waals surface area contributed by atoms with Crippen molar-refractivity contribution < 1.29 is 14.1 Å². The van der Waals surface area contributed by atoms with Gasteiger partial charge in [0.2, 0.25) is 0 Å². The van der Waals surface area contributed by atoms with Crippen molar-refractivity contribution in [1.29, 1.82) is 0 Å². The van der Waals surface area contributed by atoms with Crippen LogP contribution in [0, 0.1) is 0 Å². The lowest BCUT2D eigenvalue weighted by Crippen LogP contribution is -2.61. The van der Waals surface area contributed by atoms with Gasteiger partial charge in [-0.3, -0.25) is 14.7 Å². The van der Waals surface area contributed by atoms with Crippen LogP contribution in [0.5, 0.6) is 0 Å². The molecule has 1 saturated heterocycles. The van der Waals surface area contributed by atoms with Crippen LogP contribution in [-0.4, -0.2) is 88.5 Å². The Kier molecular flexibility index (Phi) is 4.92. The Morgan fingerprint density at radius 1 is 1.19 bits per heavy atom. The molecule has 2 fully saturated rings. The molecule has 172 valence electrons. The molecule has 1 saturated carbocycles. The summed E-state index contributed by atoms with van der Waals surface area (Å²) < 4.78 is 5.31. The molecule has 0 bridgehead atoms. The maximum Gasteiger partial charge on any atom is 0.321 e. The fourth-order valence-electron chi connectivity index (χ4n) is 5.01. The monoisotopic (exact) mass is 440 g/mol. The largest absolute Gasteiger partial charge is 0.360 e. The van der Waals surface area contributed by atoms with Gasteiger partial charge in [0.05, 0.1) is 18.6 Å². The lowest BCUT2D eigenvalue weighted by Gasteiger charge is -2.46. The van der Waals surface area contributed by atoms with Gasteiger partial charge < -0.3 is 19.6 Å². The van der Waals surface area contributed by atoms with Gasteiger partial charge in [-0.05, 0) is 53.2 Å². The quantitative estimate of drug-likeness (QED) is 0.761. The third-order valence-corrected chi connectivity index (χ3v) is 7.52. The maximum absolute atomic E-state index is 13.6. The third-order valence-electron chi connectivity index (χ3n) is 7.52. The van der Waals surface area contributed by atoms with E-state index in [-0.39, 0.29) is 23.7 Å². The van der Waals surface area contributed by atoms with Crippen LogP contribution in [0.4, 0.5) is 4.79 Å². The Labute approximate surface area is 188 Å². The molecule has 0 unspecified atom stereocenters. The zero-order valence-electron chi connectivity index (χ0n) is 19.5. The highest BCUT2D eigenvalue weighted by molar-refractivity contribution is 6.14. The molecule has 0 radical (unpaired) electrons. The summed E-state index contributed by atoms with van der Waals surface area (Å²) in [5.74, 6) is 1.40. The van der Waals surface area contributed by atoms with Crippen LogP contribution in [0.15, 0.2) is 26.7 Å². The van der Waals surface area contributed by atoms with E-state index in [1.54, 1.807) is 6.07 Å². The number of urea groups is 1. The van der Waals surface area contributed by atoms with E-state index in [2.05, 4.69) is 55.1 Å². The second-order valence-electron chi connectivity index (χ2n) is 10.2. The molecular formula is C23H32N6O3. The fourth-order valence-corrected chi connectivity index (χ4v) is 5.01. The second kappa shape index (κ2) is 7.43. The average Bonchev–Trinajstić information content (AvgIpc) is 3.22. The number of amidine groups is 1. The molecule has 3 amide bonds. The number of piperazine rings is 1. The summed E-state index contributed by atoms with van der Waals surface area (Å²) in [7, 11) is 2.10. The van der Waals surface area contributed by atoms with Gasteiger partial charge in [-0.2, -0.15) is 0 Å². The van der Waals surface area contributed by atoms with Crippen molar-refractivity contribution >= 4 is 17.8 Å². The number of carbonyl (C=O) groups is 2. The molecule has 32 heavy (non-hydrogen) atoms. The van der Waals surface area contributed by atoms with Crippen LogP contribution in [-0.2, 0) is 0 Å². The normalized spacial score (nSPS) is 27.6. The minimum Gasteiger partial charge on any atom is -0.360 e. The maximum atomic E-state index is 13.6. The minimum absolute atomic E-state index is 0.0492. The highest BCUT2D eigenvalue weighted by atomic mass is 16.5. The summed E-state index contributed by atoms with van der Waals surface area (Å²) in [5, 5.41) is 6.84. The van der Waals surface area contributed by atoms with Crippen molar-refractivity contribution in [3.05, 3.63) is 28.7 Å². The van der Waals surface area contributed by atoms with Crippen LogP contribution in [0.1, 0.15) is 62.7 Å². The van der Waals surface area contributed by atoms with Gasteiger partial charge in [-0.15, -0.1) is 0 Å². The minimum atomic E-state index is -0.457. The Morgan fingerprint density at radius 2 is 1.94 bits per heavy atom. The average molecular weight is 441 g/mol. The lowest BCUT2D eigenvalue weighted by atomic mass is 9.94. The Hall–Kier alpha value is -2.68. The summed E-state index contributed by atoms with van der Waals surface area (Å²) in [4.78, 5) is 37.1. The SMILES string of the molecule is C[C@@H]1CN(C(=O)N2CC3=C(CN=C3NC(=O)c3cc(C4CC4)on3)C2(C)C)[C@@H](C)CN1C. The molecular weight excluding hydrogens is 408 g/mol. The molecule has 0 spiro atoms. The van der Waals surface area contributed by atoms with E-state index in [4.69, 9.17) is 4.52 Å². The Morgan fingerprint density at radius 3 is 2.66 bits per heavy atom. The predicted octanol–water partition coefficient (Wildman–Crippen LogP) is 2.23. The highest BCUT2D eigenvalue weighted by Crippen LogP contribution is 2.41. The van der Waals surface area contributed by atoms with Crippen molar-refractivity contribution in [2.75, 3.05) is 33.2 Å². The molecule has 1 aliphatic carbocycles. The first-order valence-electron chi connectivity index (χ1n) is 11.5. The number of aromatic nitrogens is 1. The molecule has 4 heterocycles. The molecule has 1 N–H and O–H groups in total. The van der Waals surface area contributed by atoms with E-state index in [0.29, 0.717) is 37.4 Å². The first kappa shape index (κ1) is 21.2. The van der Waals surface area contributed by atoms with Gasteiger partial charge in [0.1, 0.15) is 11.6 Å². The molecule has 1 aromatic rings. The molecule has 1 aromatic heterocycles. The van der Waals surface area contributed by atoms with Gasteiger partial charge in [0.15, 0.2) is 5.69 Å². The van der Waals surface area contributed by atoms with E-state index < -0.39 is 5.54 Å². The number of amides is 3. The van der Waals surface area contributed by atoms with E-state index in [0.717, 1.165) is 36.3 Å². The summed E-state index contributed by atoms with van der Waals surface area (Å²) >= 11 is 0. The van der Waals surface area contributed by atoms with Gasteiger partial charge >= 0.3 is 6.03 Å². The number of aliphatic imine (C=N–C) groups is 1. The topological polar surface area (TPSA) is 94.3 Å². The number of carbonyl (C=O) groups excluding carboxylic acids is 2. The summed E-state index contributed by atoms with van der Waals surface area (Å²) in [6.07, 6.45) is 2.17. The predicted molar refractivity (Wildman–Crippen MR) is 120 cm³/mol. The van der Waals surface area contributed by atoms with Gasteiger partial charge in [-0.25, -0.2) is 4.79 Å². The second-order valence-corrected chi connectivity index (χ2v) is 10.2. The lowest BCUT2D eigenvalue weighted by molar-refractivity contribution is 0.0552. The fraction of sp³-hybridized carbons (Fsp3) is 0.652.